The number of rotatable bonds is 3. The number of benzene rings is 2. The van der Waals surface area contributed by atoms with Crippen LogP contribution in [0.5, 0.6) is 0 Å². The van der Waals surface area contributed by atoms with E-state index < -0.39 is 0 Å². The minimum Gasteiger partial charge on any atom is -0.379 e. The van der Waals surface area contributed by atoms with Gasteiger partial charge in [0.05, 0.1) is 17.8 Å². The molecule has 2 aromatic rings. The third kappa shape index (κ3) is 2.31. The van der Waals surface area contributed by atoms with Crippen molar-refractivity contribution in [2.45, 2.75) is 25.0 Å². The lowest BCUT2D eigenvalue weighted by Crippen LogP contribution is -2.61. The number of nitrogens with zero attached hydrogens (tertiary/aromatic N) is 2. The Morgan fingerprint density at radius 3 is 2.45 bits per heavy atom. The maximum atomic E-state index is 5.47. The van der Waals surface area contributed by atoms with Crippen molar-refractivity contribution in [3.63, 3.8) is 0 Å². The minimum absolute atomic E-state index is 0.366. The average Bonchev–Trinajstić information content (AvgIpc) is 2.55. The van der Waals surface area contributed by atoms with Gasteiger partial charge in [-0.05, 0) is 30.0 Å². The molecule has 1 unspecified atom stereocenters. The predicted octanol–water partition coefficient (Wildman–Crippen LogP) is 3.43. The van der Waals surface area contributed by atoms with Gasteiger partial charge in [0, 0.05) is 20.2 Å². The zero-order valence-electron chi connectivity index (χ0n) is 13.0. The number of fused-ring (bicyclic) bond motifs is 1. The molecule has 3 nitrogen and oxygen atoms in total. The molecule has 1 fully saturated rings. The Bertz CT molecular complexity index is 637. The van der Waals surface area contributed by atoms with Gasteiger partial charge in [-0.25, -0.2) is 5.01 Å². The quantitative estimate of drug-likeness (QED) is 0.862. The van der Waals surface area contributed by atoms with Crippen LogP contribution in [0.1, 0.15) is 23.6 Å². The second kappa shape index (κ2) is 5.75. The molecular formula is C19H22N2O. The monoisotopic (exact) mass is 294 g/mol. The summed E-state index contributed by atoms with van der Waals surface area (Å²) in [5.74, 6) is 0. The molecule has 3 heteroatoms. The highest BCUT2D eigenvalue weighted by Crippen LogP contribution is 2.40. The fourth-order valence-electron chi connectivity index (χ4n) is 3.60. The van der Waals surface area contributed by atoms with Crippen molar-refractivity contribution >= 4 is 5.69 Å². The van der Waals surface area contributed by atoms with Crippen LogP contribution in [0.2, 0.25) is 0 Å². The first kappa shape index (κ1) is 13.8. The van der Waals surface area contributed by atoms with Crippen LogP contribution in [0.15, 0.2) is 54.6 Å². The lowest BCUT2D eigenvalue weighted by Gasteiger charge is -2.52. The summed E-state index contributed by atoms with van der Waals surface area (Å²) in [4.78, 5) is 0. The molecule has 2 heterocycles. The van der Waals surface area contributed by atoms with Gasteiger partial charge in [0.25, 0.3) is 0 Å². The van der Waals surface area contributed by atoms with E-state index in [1.54, 1.807) is 7.11 Å². The molecular weight excluding hydrogens is 272 g/mol. The van der Waals surface area contributed by atoms with Crippen LogP contribution in [0.25, 0.3) is 0 Å². The van der Waals surface area contributed by atoms with Gasteiger partial charge < -0.3 is 4.74 Å². The molecule has 0 amide bonds. The fourth-order valence-corrected chi connectivity index (χ4v) is 3.60. The third-order valence-electron chi connectivity index (χ3n) is 4.87. The second-order valence-corrected chi connectivity index (χ2v) is 6.17. The summed E-state index contributed by atoms with van der Waals surface area (Å²) < 4.78 is 5.47. The van der Waals surface area contributed by atoms with Gasteiger partial charge in [0.2, 0.25) is 0 Å². The standard InChI is InChI=1S/C19H22N2O/c1-22-17-13-20(14-17)21-18-10-6-5-9-16(18)11-12-19(21)15-7-3-2-4-8-15/h2-10,17,19H,11-14H2,1H3. The van der Waals surface area contributed by atoms with E-state index in [9.17, 15) is 0 Å². The van der Waals surface area contributed by atoms with Crippen molar-refractivity contribution in [3.8, 4) is 0 Å². The van der Waals surface area contributed by atoms with Crippen molar-refractivity contribution in [2.24, 2.45) is 0 Å². The van der Waals surface area contributed by atoms with Crippen molar-refractivity contribution in [2.75, 3.05) is 25.2 Å². The predicted molar refractivity (Wildman–Crippen MR) is 88.8 cm³/mol. The first-order valence-corrected chi connectivity index (χ1v) is 8.06. The van der Waals surface area contributed by atoms with Crippen molar-refractivity contribution in [3.05, 3.63) is 65.7 Å². The molecule has 2 aliphatic heterocycles. The van der Waals surface area contributed by atoms with Crippen LogP contribution in [-0.2, 0) is 11.2 Å². The van der Waals surface area contributed by atoms with E-state index >= 15 is 0 Å². The smallest absolute Gasteiger partial charge is 0.0861 e. The minimum atomic E-state index is 0.366. The summed E-state index contributed by atoms with van der Waals surface area (Å²) in [6.07, 6.45) is 2.67. The Balaban J connectivity index is 1.70. The van der Waals surface area contributed by atoms with Gasteiger partial charge in [-0.15, -0.1) is 0 Å². The summed E-state index contributed by atoms with van der Waals surface area (Å²) in [6, 6.07) is 20.1. The molecule has 1 saturated heterocycles. The Morgan fingerprint density at radius 2 is 1.68 bits per heavy atom. The Labute approximate surface area is 132 Å². The SMILES string of the molecule is COC1CN(N2c3ccccc3CCC2c2ccccc2)C1. The lowest BCUT2D eigenvalue weighted by molar-refractivity contribution is -0.0417. The average molecular weight is 294 g/mol. The van der Waals surface area contributed by atoms with Gasteiger partial charge in [0.15, 0.2) is 0 Å². The van der Waals surface area contributed by atoms with Crippen LogP contribution in [0.3, 0.4) is 0 Å². The number of ether oxygens (including phenoxy) is 1. The second-order valence-electron chi connectivity index (χ2n) is 6.17. The summed E-state index contributed by atoms with van der Waals surface area (Å²) >= 11 is 0. The van der Waals surface area contributed by atoms with Gasteiger partial charge >= 0.3 is 0 Å². The van der Waals surface area contributed by atoms with Gasteiger partial charge in [-0.2, -0.15) is 0 Å². The normalized spacial score (nSPS) is 22.2. The number of para-hydroxylation sites is 1. The number of hydrogen-bond acceptors (Lipinski definition) is 3. The highest BCUT2D eigenvalue weighted by atomic mass is 16.5. The largest absolute Gasteiger partial charge is 0.379 e. The number of anilines is 1. The molecule has 0 aromatic heterocycles. The molecule has 2 aliphatic rings. The van der Waals surface area contributed by atoms with E-state index in [1.165, 1.54) is 16.8 Å². The van der Waals surface area contributed by atoms with Crippen LogP contribution in [0, 0.1) is 0 Å². The molecule has 114 valence electrons. The number of aryl methyl sites for hydroxylation is 1. The Hall–Kier alpha value is -1.84. The number of hydrazine groups is 1. The van der Waals surface area contributed by atoms with Crippen molar-refractivity contribution in [1.82, 2.24) is 5.01 Å². The van der Waals surface area contributed by atoms with Crippen LogP contribution >= 0.6 is 0 Å². The maximum Gasteiger partial charge on any atom is 0.0861 e. The molecule has 0 spiro atoms. The fraction of sp³-hybridized carbons (Fsp3) is 0.368. The molecule has 0 N–H and O–H groups in total. The molecule has 0 aliphatic carbocycles. The van der Waals surface area contributed by atoms with Gasteiger partial charge in [0.1, 0.15) is 0 Å². The van der Waals surface area contributed by atoms with E-state index in [1.807, 2.05) is 0 Å². The Kier molecular flexibility index (Phi) is 3.60. The zero-order chi connectivity index (χ0) is 14.9. The van der Waals surface area contributed by atoms with Crippen LogP contribution in [0.4, 0.5) is 5.69 Å². The Morgan fingerprint density at radius 1 is 0.955 bits per heavy atom. The zero-order valence-corrected chi connectivity index (χ0v) is 13.0. The van der Waals surface area contributed by atoms with Crippen molar-refractivity contribution < 1.29 is 4.74 Å². The molecule has 0 bridgehead atoms. The third-order valence-corrected chi connectivity index (χ3v) is 4.87. The topological polar surface area (TPSA) is 15.7 Å². The maximum absolute atomic E-state index is 5.47. The van der Waals surface area contributed by atoms with Gasteiger partial charge in [-0.3, -0.25) is 5.01 Å². The lowest BCUT2D eigenvalue weighted by atomic mass is 9.92. The van der Waals surface area contributed by atoms with E-state index in [-0.39, 0.29) is 0 Å². The summed E-state index contributed by atoms with van der Waals surface area (Å²) in [5.41, 5.74) is 4.21. The summed E-state index contributed by atoms with van der Waals surface area (Å²) in [5, 5.41) is 4.94. The van der Waals surface area contributed by atoms with E-state index in [2.05, 4.69) is 64.6 Å². The summed E-state index contributed by atoms with van der Waals surface area (Å²) in [7, 11) is 1.81. The highest BCUT2D eigenvalue weighted by Gasteiger charge is 2.38. The highest BCUT2D eigenvalue weighted by molar-refractivity contribution is 5.57. The van der Waals surface area contributed by atoms with E-state index in [0.29, 0.717) is 12.1 Å². The summed E-state index contributed by atoms with van der Waals surface area (Å²) in [6.45, 7) is 1.96. The molecule has 0 saturated carbocycles. The molecule has 22 heavy (non-hydrogen) atoms. The first-order chi connectivity index (χ1) is 10.9. The first-order valence-electron chi connectivity index (χ1n) is 8.06. The van der Waals surface area contributed by atoms with Crippen LogP contribution < -0.4 is 5.01 Å². The van der Waals surface area contributed by atoms with Crippen LogP contribution in [-0.4, -0.2) is 31.3 Å². The van der Waals surface area contributed by atoms with E-state index in [0.717, 1.165) is 25.9 Å². The molecule has 1 atom stereocenters. The van der Waals surface area contributed by atoms with Crippen molar-refractivity contribution in [1.29, 1.82) is 0 Å². The van der Waals surface area contributed by atoms with Gasteiger partial charge in [-0.1, -0.05) is 48.5 Å². The number of methoxy groups -OCH3 is 1. The molecule has 4 rings (SSSR count). The molecule has 2 aromatic carbocycles. The molecule has 0 radical (unpaired) electrons. The number of hydrogen-bond donors (Lipinski definition) is 0. The van der Waals surface area contributed by atoms with E-state index in [4.69, 9.17) is 4.74 Å².